The number of amides is 1. The molecule has 0 aliphatic carbocycles. The number of carbonyl (C=O) groups is 1. The maximum Gasteiger partial charge on any atom is 0.253 e. The molecule has 1 aliphatic heterocycles. The summed E-state index contributed by atoms with van der Waals surface area (Å²) in [4.78, 5) is 14.1. The van der Waals surface area contributed by atoms with Crippen LogP contribution in [0.1, 0.15) is 23.2 Å². The molecule has 18 heavy (non-hydrogen) atoms. The van der Waals surface area contributed by atoms with Gasteiger partial charge in [0.25, 0.3) is 5.91 Å². The lowest BCUT2D eigenvalue weighted by Crippen LogP contribution is -2.39. The van der Waals surface area contributed by atoms with E-state index in [4.69, 9.17) is 16.7 Å². The zero-order valence-electron chi connectivity index (χ0n) is 9.90. The van der Waals surface area contributed by atoms with Crippen molar-refractivity contribution in [2.75, 3.05) is 19.7 Å². The molecule has 0 unspecified atom stereocenters. The van der Waals surface area contributed by atoms with Crippen molar-refractivity contribution in [2.45, 2.75) is 12.8 Å². The first-order chi connectivity index (χ1) is 8.61. The lowest BCUT2D eigenvalue weighted by molar-refractivity contribution is 0.0651. The quantitative estimate of drug-likeness (QED) is 0.803. The minimum absolute atomic E-state index is 0.0321. The van der Waals surface area contributed by atoms with E-state index >= 15 is 0 Å². The fourth-order valence-corrected chi connectivity index (χ4v) is 2.65. The summed E-state index contributed by atoms with van der Waals surface area (Å²) in [6, 6.07) is 5.40. The smallest absolute Gasteiger partial charge is 0.253 e. The third-order valence-corrected chi connectivity index (χ3v) is 4.90. The first kappa shape index (κ1) is 14.1. The van der Waals surface area contributed by atoms with E-state index in [1.54, 1.807) is 6.07 Å². The van der Waals surface area contributed by atoms with E-state index in [0.717, 1.165) is 16.4 Å². The summed E-state index contributed by atoms with van der Waals surface area (Å²) in [5.41, 5.74) is 0.642. The van der Waals surface area contributed by atoms with Crippen LogP contribution in [0, 0.1) is 9.49 Å². The normalized spacial score (nSPS) is 16.9. The van der Waals surface area contributed by atoms with Crippen LogP contribution in [0.2, 0.25) is 5.02 Å². The van der Waals surface area contributed by atoms with Crippen LogP contribution < -0.4 is 0 Å². The van der Waals surface area contributed by atoms with Gasteiger partial charge in [0.1, 0.15) is 0 Å². The second-order valence-corrected chi connectivity index (χ2v) is 6.12. The Balaban J connectivity index is 2.05. The molecule has 0 saturated carbocycles. The van der Waals surface area contributed by atoms with Crippen molar-refractivity contribution in [1.29, 1.82) is 0 Å². The van der Waals surface area contributed by atoms with Gasteiger partial charge in [-0.2, -0.15) is 0 Å². The van der Waals surface area contributed by atoms with Crippen molar-refractivity contribution in [3.8, 4) is 0 Å². The van der Waals surface area contributed by atoms with Crippen molar-refractivity contribution in [3.05, 3.63) is 32.4 Å². The Morgan fingerprint density at radius 2 is 2.11 bits per heavy atom. The zero-order valence-corrected chi connectivity index (χ0v) is 12.8. The molecule has 98 valence electrons. The van der Waals surface area contributed by atoms with Crippen molar-refractivity contribution >= 4 is 40.1 Å². The molecule has 1 amide bonds. The van der Waals surface area contributed by atoms with E-state index < -0.39 is 0 Å². The molecular weight excluding hydrogens is 365 g/mol. The van der Waals surface area contributed by atoms with Gasteiger partial charge in [-0.25, -0.2) is 0 Å². The predicted octanol–water partition coefficient (Wildman–Crippen LogP) is 2.79. The number of rotatable bonds is 2. The Bertz CT molecular complexity index is 445. The van der Waals surface area contributed by atoms with Crippen molar-refractivity contribution in [1.82, 2.24) is 4.90 Å². The highest BCUT2D eigenvalue weighted by Gasteiger charge is 2.23. The molecular formula is C13H15ClINO2. The molecule has 0 radical (unpaired) electrons. The van der Waals surface area contributed by atoms with Crippen LogP contribution in [-0.4, -0.2) is 35.6 Å². The lowest BCUT2D eigenvalue weighted by Gasteiger charge is -2.31. The van der Waals surface area contributed by atoms with Gasteiger partial charge in [0, 0.05) is 28.8 Å². The second kappa shape index (κ2) is 6.21. The van der Waals surface area contributed by atoms with Crippen LogP contribution in [-0.2, 0) is 0 Å². The SMILES string of the molecule is O=C(c1ccc(I)c(Cl)c1)N1CCC(CO)CC1. The molecule has 2 rings (SSSR count). The van der Waals surface area contributed by atoms with E-state index in [2.05, 4.69) is 22.6 Å². The van der Waals surface area contributed by atoms with E-state index in [-0.39, 0.29) is 12.5 Å². The molecule has 1 aromatic rings. The average molecular weight is 380 g/mol. The first-order valence-corrected chi connectivity index (χ1v) is 7.42. The van der Waals surface area contributed by atoms with Gasteiger partial charge in [-0.15, -0.1) is 0 Å². The summed E-state index contributed by atoms with van der Waals surface area (Å²) in [5.74, 6) is 0.374. The van der Waals surface area contributed by atoms with Gasteiger partial charge in [0.05, 0.1) is 5.02 Å². The molecule has 1 fully saturated rings. The minimum atomic E-state index is 0.0321. The monoisotopic (exact) mass is 379 g/mol. The molecule has 3 nitrogen and oxygen atoms in total. The predicted molar refractivity (Wildman–Crippen MR) is 79.9 cm³/mol. The van der Waals surface area contributed by atoms with Crippen LogP contribution in [0.15, 0.2) is 18.2 Å². The highest BCUT2D eigenvalue weighted by Crippen LogP contribution is 2.22. The third-order valence-electron chi connectivity index (χ3n) is 3.33. The summed E-state index contributed by atoms with van der Waals surface area (Å²) in [7, 11) is 0. The number of piperidine rings is 1. The molecule has 5 heteroatoms. The molecule has 1 heterocycles. The highest BCUT2D eigenvalue weighted by molar-refractivity contribution is 14.1. The van der Waals surface area contributed by atoms with Gasteiger partial charge in [0.15, 0.2) is 0 Å². The Labute approximate surface area is 125 Å². The minimum Gasteiger partial charge on any atom is -0.396 e. The fourth-order valence-electron chi connectivity index (χ4n) is 2.13. The molecule has 0 spiro atoms. The molecule has 1 N–H and O–H groups in total. The Morgan fingerprint density at radius 3 is 2.67 bits per heavy atom. The molecule has 1 saturated heterocycles. The van der Waals surface area contributed by atoms with Gasteiger partial charge in [-0.05, 0) is 59.5 Å². The largest absolute Gasteiger partial charge is 0.396 e. The van der Waals surface area contributed by atoms with Crippen LogP contribution >= 0.6 is 34.2 Å². The van der Waals surface area contributed by atoms with Gasteiger partial charge in [-0.3, -0.25) is 4.79 Å². The number of hydrogen-bond acceptors (Lipinski definition) is 2. The maximum atomic E-state index is 12.3. The lowest BCUT2D eigenvalue weighted by atomic mass is 9.97. The van der Waals surface area contributed by atoms with E-state index in [1.807, 2.05) is 17.0 Å². The molecule has 1 aliphatic rings. The first-order valence-electron chi connectivity index (χ1n) is 5.97. The van der Waals surface area contributed by atoms with Crippen LogP contribution in [0.5, 0.6) is 0 Å². The highest BCUT2D eigenvalue weighted by atomic mass is 127. The third kappa shape index (κ3) is 3.16. The summed E-state index contributed by atoms with van der Waals surface area (Å²) in [5, 5.41) is 9.70. The standard InChI is InChI=1S/C13H15ClINO2/c14-11-7-10(1-2-12(11)15)13(18)16-5-3-9(8-17)4-6-16/h1-2,7,9,17H,3-6,8H2. The fraction of sp³-hybridized carbons (Fsp3) is 0.462. The summed E-state index contributed by atoms with van der Waals surface area (Å²) < 4.78 is 0.949. The molecule has 0 bridgehead atoms. The van der Waals surface area contributed by atoms with E-state index in [1.165, 1.54) is 0 Å². The van der Waals surface area contributed by atoms with Crippen LogP contribution in [0.25, 0.3) is 0 Å². The van der Waals surface area contributed by atoms with Gasteiger partial charge < -0.3 is 10.0 Å². The van der Waals surface area contributed by atoms with Crippen LogP contribution in [0.4, 0.5) is 0 Å². The number of aliphatic hydroxyl groups excluding tert-OH is 1. The van der Waals surface area contributed by atoms with Gasteiger partial charge >= 0.3 is 0 Å². The molecule has 0 atom stereocenters. The number of halogens is 2. The number of benzene rings is 1. The Kier molecular flexibility index (Phi) is 4.86. The number of nitrogens with zero attached hydrogens (tertiary/aromatic N) is 1. The molecule has 1 aromatic carbocycles. The van der Waals surface area contributed by atoms with E-state index in [9.17, 15) is 4.79 Å². The average Bonchev–Trinajstić information content (AvgIpc) is 2.41. The number of hydrogen-bond donors (Lipinski definition) is 1. The maximum absolute atomic E-state index is 12.3. The molecule has 0 aromatic heterocycles. The number of likely N-dealkylation sites (tertiary alicyclic amines) is 1. The second-order valence-electron chi connectivity index (χ2n) is 4.55. The van der Waals surface area contributed by atoms with Crippen molar-refractivity contribution in [2.24, 2.45) is 5.92 Å². The summed E-state index contributed by atoms with van der Waals surface area (Å²) in [6.45, 7) is 1.65. The van der Waals surface area contributed by atoms with Gasteiger partial charge in [-0.1, -0.05) is 11.6 Å². The van der Waals surface area contributed by atoms with Crippen molar-refractivity contribution in [3.63, 3.8) is 0 Å². The summed E-state index contributed by atoms with van der Waals surface area (Å²) in [6.07, 6.45) is 1.75. The van der Waals surface area contributed by atoms with Crippen molar-refractivity contribution < 1.29 is 9.90 Å². The number of carbonyl (C=O) groups excluding carboxylic acids is 1. The van der Waals surface area contributed by atoms with Gasteiger partial charge in [0.2, 0.25) is 0 Å². The summed E-state index contributed by atoms with van der Waals surface area (Å²) >= 11 is 8.17. The Hall–Kier alpha value is -0.330. The topological polar surface area (TPSA) is 40.5 Å². The Morgan fingerprint density at radius 1 is 1.44 bits per heavy atom. The van der Waals surface area contributed by atoms with Crippen LogP contribution in [0.3, 0.4) is 0 Å². The van der Waals surface area contributed by atoms with E-state index in [0.29, 0.717) is 29.6 Å². The zero-order chi connectivity index (χ0) is 13.1. The number of aliphatic hydroxyl groups is 1.